The Hall–Kier alpha value is -2.44. The van der Waals surface area contributed by atoms with Crippen LogP contribution in [0.2, 0.25) is 0 Å². The van der Waals surface area contributed by atoms with Crippen molar-refractivity contribution in [1.29, 1.82) is 0 Å². The number of carbonyl (C=O) groups excluding carboxylic acids is 1. The number of rotatable bonds is 7. The maximum Gasteiger partial charge on any atom is 0.257 e. The number of nitrogens with one attached hydrogen (secondary N) is 1. The summed E-state index contributed by atoms with van der Waals surface area (Å²) < 4.78 is 20.0. The molecular formula is C26H33FN2O3. The summed E-state index contributed by atoms with van der Waals surface area (Å²) in [5.74, 6) is -0.744. The van der Waals surface area contributed by atoms with Crippen molar-refractivity contribution in [1.82, 2.24) is 4.90 Å². The first-order chi connectivity index (χ1) is 15.6. The fraction of sp³-hybridized carbons (Fsp3) is 0.500. The summed E-state index contributed by atoms with van der Waals surface area (Å²) in [4.78, 5) is 15.3. The normalized spacial score (nSPS) is 21.7. The third-order valence-corrected chi connectivity index (χ3v) is 6.85. The summed E-state index contributed by atoms with van der Waals surface area (Å²) in [5, 5.41) is 12.8. The Labute approximate surface area is 189 Å². The lowest BCUT2D eigenvalue weighted by molar-refractivity contribution is -0.0405. The number of anilines is 1. The molecule has 172 valence electrons. The fourth-order valence-corrected chi connectivity index (χ4v) is 5.26. The number of ether oxygens (including phenoxy) is 1. The summed E-state index contributed by atoms with van der Waals surface area (Å²) in [6.45, 7) is 2.33. The van der Waals surface area contributed by atoms with Crippen molar-refractivity contribution < 1.29 is 19.0 Å². The lowest BCUT2D eigenvalue weighted by Crippen LogP contribution is -2.44. The molecule has 1 heterocycles. The molecule has 0 aromatic heterocycles. The predicted molar refractivity (Wildman–Crippen MR) is 123 cm³/mol. The van der Waals surface area contributed by atoms with E-state index in [0.717, 1.165) is 24.1 Å². The number of hydrogen-bond acceptors (Lipinski definition) is 4. The van der Waals surface area contributed by atoms with Gasteiger partial charge in [0, 0.05) is 24.2 Å². The molecule has 2 fully saturated rings. The quantitative estimate of drug-likeness (QED) is 0.592. The first-order valence-corrected chi connectivity index (χ1v) is 11.7. The Kier molecular flexibility index (Phi) is 7.43. The molecule has 5 nitrogen and oxygen atoms in total. The van der Waals surface area contributed by atoms with Crippen LogP contribution in [0.5, 0.6) is 0 Å². The van der Waals surface area contributed by atoms with E-state index >= 15 is 0 Å². The monoisotopic (exact) mass is 440 g/mol. The number of carbonyl (C=O) groups is 1. The molecule has 4 rings (SSSR count). The molecule has 2 N–H and O–H groups in total. The first kappa shape index (κ1) is 22.7. The molecule has 1 aliphatic heterocycles. The second-order valence-electron chi connectivity index (χ2n) is 9.03. The highest BCUT2D eigenvalue weighted by atomic mass is 19.1. The number of halogens is 1. The van der Waals surface area contributed by atoms with E-state index in [1.165, 1.54) is 31.7 Å². The third-order valence-electron chi connectivity index (χ3n) is 6.85. The number of hydrogen-bond donors (Lipinski definition) is 2. The SMILES string of the molecule is Cc1cccc(F)c1C(=O)N1CCCC(COCO)C1c1ccc(NC2CCCC2)cc1. The Morgan fingerprint density at radius 1 is 1.12 bits per heavy atom. The molecule has 2 aromatic rings. The van der Waals surface area contributed by atoms with Gasteiger partial charge in [-0.3, -0.25) is 4.79 Å². The van der Waals surface area contributed by atoms with Crippen molar-refractivity contribution >= 4 is 11.6 Å². The highest BCUT2D eigenvalue weighted by Gasteiger charge is 2.37. The van der Waals surface area contributed by atoms with Gasteiger partial charge in [0.05, 0.1) is 18.2 Å². The number of benzene rings is 2. The highest BCUT2D eigenvalue weighted by Crippen LogP contribution is 2.38. The van der Waals surface area contributed by atoms with Crippen LogP contribution in [-0.2, 0) is 4.74 Å². The molecule has 32 heavy (non-hydrogen) atoms. The molecule has 2 aromatic carbocycles. The van der Waals surface area contributed by atoms with Crippen molar-refractivity contribution in [2.45, 2.75) is 57.5 Å². The van der Waals surface area contributed by atoms with Gasteiger partial charge in [-0.15, -0.1) is 0 Å². The molecule has 2 atom stereocenters. The van der Waals surface area contributed by atoms with Crippen molar-refractivity contribution in [3.8, 4) is 0 Å². The standard InChI is InChI=1S/C26H33FN2O3/c1-18-6-4-10-23(27)24(18)26(31)29-15-5-7-20(16-32-17-30)25(29)19-11-13-22(14-12-19)28-21-8-2-3-9-21/h4,6,10-14,20-21,25,28,30H,2-3,5,7-9,15-17H2,1H3. The summed E-state index contributed by atoms with van der Waals surface area (Å²) in [7, 11) is 0. The lowest BCUT2D eigenvalue weighted by Gasteiger charge is -2.42. The maximum atomic E-state index is 14.6. The minimum Gasteiger partial charge on any atom is -0.382 e. The average molecular weight is 441 g/mol. The van der Waals surface area contributed by atoms with Gasteiger partial charge in [0.15, 0.2) is 0 Å². The molecule has 1 aliphatic carbocycles. The Morgan fingerprint density at radius 2 is 1.88 bits per heavy atom. The van der Waals surface area contributed by atoms with Crippen LogP contribution in [0, 0.1) is 18.7 Å². The summed E-state index contributed by atoms with van der Waals surface area (Å²) in [6.07, 6.45) is 6.65. The van der Waals surface area contributed by atoms with E-state index in [1.54, 1.807) is 24.0 Å². The summed E-state index contributed by atoms with van der Waals surface area (Å²) in [6, 6.07) is 13.3. The van der Waals surface area contributed by atoms with Gasteiger partial charge in [0.1, 0.15) is 12.6 Å². The zero-order valence-corrected chi connectivity index (χ0v) is 18.7. The van der Waals surface area contributed by atoms with Gasteiger partial charge < -0.3 is 20.1 Å². The van der Waals surface area contributed by atoms with Gasteiger partial charge in [0.2, 0.25) is 0 Å². The van der Waals surface area contributed by atoms with Crippen LogP contribution in [0.4, 0.5) is 10.1 Å². The average Bonchev–Trinajstić information content (AvgIpc) is 3.31. The minimum absolute atomic E-state index is 0.0283. The molecule has 0 bridgehead atoms. The number of aryl methyl sites for hydroxylation is 1. The van der Waals surface area contributed by atoms with Gasteiger partial charge in [0.25, 0.3) is 5.91 Å². The topological polar surface area (TPSA) is 61.8 Å². The van der Waals surface area contributed by atoms with Crippen LogP contribution in [0.15, 0.2) is 42.5 Å². The molecule has 2 aliphatic rings. The van der Waals surface area contributed by atoms with E-state index < -0.39 is 5.82 Å². The molecule has 1 amide bonds. The zero-order chi connectivity index (χ0) is 22.5. The second kappa shape index (κ2) is 10.5. The number of amides is 1. The third kappa shape index (κ3) is 4.97. The highest BCUT2D eigenvalue weighted by molar-refractivity contribution is 5.96. The van der Waals surface area contributed by atoms with Crippen molar-refractivity contribution in [2.75, 3.05) is 25.3 Å². The van der Waals surface area contributed by atoms with E-state index in [0.29, 0.717) is 24.8 Å². The number of piperidine rings is 1. The van der Waals surface area contributed by atoms with Crippen LogP contribution < -0.4 is 5.32 Å². The van der Waals surface area contributed by atoms with Crippen molar-refractivity contribution in [2.24, 2.45) is 5.92 Å². The minimum atomic E-state index is -0.487. The first-order valence-electron chi connectivity index (χ1n) is 11.7. The maximum absolute atomic E-state index is 14.6. The molecular weight excluding hydrogens is 407 g/mol. The Morgan fingerprint density at radius 3 is 2.56 bits per heavy atom. The van der Waals surface area contributed by atoms with E-state index in [4.69, 9.17) is 4.74 Å². The largest absolute Gasteiger partial charge is 0.382 e. The number of nitrogens with zero attached hydrogens (tertiary/aromatic N) is 1. The summed E-state index contributed by atoms with van der Waals surface area (Å²) in [5.41, 5.74) is 2.87. The van der Waals surface area contributed by atoms with E-state index in [9.17, 15) is 14.3 Å². The molecule has 0 radical (unpaired) electrons. The molecule has 1 saturated heterocycles. The Bertz CT molecular complexity index is 892. The van der Waals surface area contributed by atoms with Crippen LogP contribution in [0.3, 0.4) is 0 Å². The second-order valence-corrected chi connectivity index (χ2v) is 9.03. The number of aliphatic hydroxyl groups is 1. The smallest absolute Gasteiger partial charge is 0.257 e. The fourth-order valence-electron chi connectivity index (χ4n) is 5.26. The van der Waals surface area contributed by atoms with E-state index in [2.05, 4.69) is 29.6 Å². The predicted octanol–water partition coefficient (Wildman–Crippen LogP) is 5.05. The zero-order valence-electron chi connectivity index (χ0n) is 18.7. The van der Waals surface area contributed by atoms with Crippen LogP contribution in [0.1, 0.15) is 66.1 Å². The molecule has 1 saturated carbocycles. The number of likely N-dealkylation sites (tertiary alicyclic amines) is 1. The lowest BCUT2D eigenvalue weighted by atomic mass is 9.84. The summed E-state index contributed by atoms with van der Waals surface area (Å²) >= 11 is 0. The van der Waals surface area contributed by atoms with Crippen LogP contribution in [-0.4, -0.2) is 41.9 Å². The van der Waals surface area contributed by atoms with Gasteiger partial charge in [-0.2, -0.15) is 0 Å². The Balaban J connectivity index is 1.62. The van der Waals surface area contributed by atoms with Gasteiger partial charge in [-0.05, 0) is 61.9 Å². The van der Waals surface area contributed by atoms with E-state index in [1.807, 2.05) is 0 Å². The number of aliphatic hydroxyl groups excluding tert-OH is 1. The van der Waals surface area contributed by atoms with Gasteiger partial charge in [-0.25, -0.2) is 4.39 Å². The van der Waals surface area contributed by atoms with Gasteiger partial charge >= 0.3 is 0 Å². The molecule has 0 spiro atoms. The van der Waals surface area contributed by atoms with Crippen LogP contribution >= 0.6 is 0 Å². The van der Waals surface area contributed by atoms with Crippen molar-refractivity contribution in [3.05, 3.63) is 65.0 Å². The van der Waals surface area contributed by atoms with Gasteiger partial charge in [-0.1, -0.05) is 37.1 Å². The van der Waals surface area contributed by atoms with E-state index in [-0.39, 0.29) is 30.2 Å². The van der Waals surface area contributed by atoms with Crippen molar-refractivity contribution in [3.63, 3.8) is 0 Å². The molecule has 6 heteroatoms. The van der Waals surface area contributed by atoms with Crippen LogP contribution in [0.25, 0.3) is 0 Å². The molecule has 2 unspecified atom stereocenters.